The van der Waals surface area contributed by atoms with Crippen LogP contribution in [0.1, 0.15) is 20.9 Å². The summed E-state index contributed by atoms with van der Waals surface area (Å²) in [6, 6.07) is 12.6. The third kappa shape index (κ3) is 5.07. The molecule has 0 unspecified atom stereocenters. The highest BCUT2D eigenvalue weighted by molar-refractivity contribution is 7.80. The number of anilines is 1. The molecule has 3 rings (SSSR count). The van der Waals surface area contributed by atoms with E-state index in [2.05, 4.69) is 10.6 Å². The zero-order valence-electron chi connectivity index (χ0n) is 14.3. The average molecular weight is 470 g/mol. The topological polar surface area (TPSA) is 91.6 Å². The van der Waals surface area contributed by atoms with Crippen LogP contribution in [-0.4, -0.2) is 22.1 Å². The number of furan rings is 1. The van der Waals surface area contributed by atoms with E-state index in [-0.39, 0.29) is 32.2 Å². The van der Waals surface area contributed by atoms with E-state index in [4.69, 9.17) is 56.5 Å². The lowest BCUT2D eigenvalue weighted by molar-refractivity contribution is 0.0697. The smallest absolute Gasteiger partial charge is 0.337 e. The van der Waals surface area contributed by atoms with Crippen LogP contribution < -0.4 is 10.6 Å². The van der Waals surface area contributed by atoms with Crippen molar-refractivity contribution in [3.8, 4) is 11.3 Å². The summed E-state index contributed by atoms with van der Waals surface area (Å²) in [5.41, 5.74) is 0.773. The number of amides is 1. The van der Waals surface area contributed by atoms with Gasteiger partial charge in [-0.3, -0.25) is 10.1 Å². The Labute approximate surface area is 185 Å². The molecular weight excluding hydrogens is 459 g/mol. The van der Waals surface area contributed by atoms with E-state index < -0.39 is 11.9 Å². The molecule has 0 bridgehead atoms. The van der Waals surface area contributed by atoms with Crippen molar-refractivity contribution in [3.63, 3.8) is 0 Å². The minimum absolute atomic E-state index is 0.0201. The first kappa shape index (κ1) is 21.1. The maximum absolute atomic E-state index is 12.4. The Morgan fingerprint density at radius 3 is 2.31 bits per heavy atom. The molecule has 0 aliphatic heterocycles. The first-order chi connectivity index (χ1) is 13.7. The van der Waals surface area contributed by atoms with E-state index in [1.807, 2.05) is 0 Å². The summed E-state index contributed by atoms with van der Waals surface area (Å²) < 4.78 is 5.55. The van der Waals surface area contributed by atoms with Gasteiger partial charge in [0, 0.05) is 10.6 Å². The molecule has 10 heteroatoms. The van der Waals surface area contributed by atoms with Crippen LogP contribution >= 0.6 is 47.0 Å². The van der Waals surface area contributed by atoms with Crippen LogP contribution in [0.3, 0.4) is 0 Å². The third-order valence-corrected chi connectivity index (χ3v) is 4.80. The second-order valence-corrected chi connectivity index (χ2v) is 7.36. The molecule has 0 radical (unpaired) electrons. The van der Waals surface area contributed by atoms with E-state index in [0.717, 1.165) is 5.56 Å². The van der Waals surface area contributed by atoms with Crippen LogP contribution in [0.2, 0.25) is 15.1 Å². The third-order valence-electron chi connectivity index (χ3n) is 3.72. The lowest BCUT2D eigenvalue weighted by atomic mass is 10.2. The Bertz CT molecular complexity index is 1110. The van der Waals surface area contributed by atoms with E-state index >= 15 is 0 Å². The monoisotopic (exact) mass is 468 g/mol. The molecule has 0 fully saturated rings. The summed E-state index contributed by atoms with van der Waals surface area (Å²) in [7, 11) is 0. The molecule has 0 saturated carbocycles. The normalized spacial score (nSPS) is 10.4. The number of benzene rings is 2. The van der Waals surface area contributed by atoms with Gasteiger partial charge in [-0.2, -0.15) is 0 Å². The quantitative estimate of drug-likeness (QED) is 0.423. The molecule has 0 aliphatic carbocycles. The van der Waals surface area contributed by atoms with Crippen molar-refractivity contribution in [1.82, 2.24) is 5.32 Å². The number of thiocarbonyl (C=S) groups is 1. The van der Waals surface area contributed by atoms with Gasteiger partial charge in [0.2, 0.25) is 0 Å². The van der Waals surface area contributed by atoms with Crippen LogP contribution in [0.4, 0.5) is 5.69 Å². The predicted octanol–water partition coefficient (Wildman–Crippen LogP) is 5.73. The van der Waals surface area contributed by atoms with Crippen LogP contribution in [0, 0.1) is 0 Å². The molecule has 1 heterocycles. The SMILES string of the molecule is O=C(NC(=S)Nc1cc(C(=O)O)c(Cl)cc1Cl)c1ccc(-c2ccc(Cl)cc2)o1. The van der Waals surface area contributed by atoms with Crippen LogP contribution in [0.25, 0.3) is 11.3 Å². The lowest BCUT2D eigenvalue weighted by Crippen LogP contribution is -2.34. The first-order valence-corrected chi connectivity index (χ1v) is 9.49. The Hall–Kier alpha value is -2.58. The van der Waals surface area contributed by atoms with Gasteiger partial charge in [0.1, 0.15) is 5.76 Å². The highest BCUT2D eigenvalue weighted by Gasteiger charge is 2.17. The Morgan fingerprint density at radius 2 is 1.66 bits per heavy atom. The Kier molecular flexibility index (Phi) is 6.44. The second-order valence-electron chi connectivity index (χ2n) is 5.70. The fourth-order valence-electron chi connectivity index (χ4n) is 2.36. The standard InChI is InChI=1S/C19H11Cl3N2O4S/c20-10-3-1-9(2-4-10)15-5-6-16(28-15)17(25)24-19(29)23-14-7-11(18(26)27)12(21)8-13(14)22/h1-8H,(H,26,27)(H2,23,24,25,29). The maximum Gasteiger partial charge on any atom is 0.337 e. The maximum atomic E-state index is 12.4. The van der Waals surface area contributed by atoms with E-state index in [1.54, 1.807) is 30.3 Å². The first-order valence-electron chi connectivity index (χ1n) is 7.95. The van der Waals surface area contributed by atoms with Gasteiger partial charge >= 0.3 is 5.97 Å². The summed E-state index contributed by atoms with van der Waals surface area (Å²) in [4.78, 5) is 23.6. The number of carbonyl (C=O) groups excluding carboxylic acids is 1. The fraction of sp³-hybridized carbons (Fsp3) is 0. The molecular formula is C19H11Cl3N2O4S. The number of carboxylic acid groups (broad SMARTS) is 1. The number of aromatic carboxylic acids is 1. The van der Waals surface area contributed by atoms with Crippen molar-refractivity contribution in [2.75, 3.05) is 5.32 Å². The summed E-state index contributed by atoms with van der Waals surface area (Å²) >= 11 is 22.8. The molecule has 148 valence electrons. The molecule has 1 amide bonds. The second kappa shape index (κ2) is 8.84. The van der Waals surface area contributed by atoms with Gasteiger partial charge in [-0.1, -0.05) is 34.8 Å². The molecule has 29 heavy (non-hydrogen) atoms. The molecule has 0 spiro atoms. The minimum Gasteiger partial charge on any atom is -0.478 e. The predicted molar refractivity (Wildman–Crippen MR) is 116 cm³/mol. The number of nitrogens with one attached hydrogen (secondary N) is 2. The van der Waals surface area contributed by atoms with Gasteiger partial charge in [0.15, 0.2) is 10.9 Å². The van der Waals surface area contributed by atoms with Gasteiger partial charge in [-0.05, 0) is 60.7 Å². The van der Waals surface area contributed by atoms with Crippen LogP contribution in [0.5, 0.6) is 0 Å². The summed E-state index contributed by atoms with van der Waals surface area (Å²) in [5, 5.41) is 14.9. The number of carboxylic acids is 1. The number of rotatable bonds is 4. The lowest BCUT2D eigenvalue weighted by Gasteiger charge is -2.11. The van der Waals surface area contributed by atoms with Gasteiger partial charge in [-0.25, -0.2) is 4.79 Å². The van der Waals surface area contributed by atoms with E-state index in [0.29, 0.717) is 10.8 Å². The van der Waals surface area contributed by atoms with Crippen molar-refractivity contribution in [3.05, 3.63) is 74.9 Å². The number of halogens is 3. The van der Waals surface area contributed by atoms with Crippen molar-refractivity contribution in [2.45, 2.75) is 0 Å². The molecule has 3 N–H and O–H groups in total. The van der Waals surface area contributed by atoms with Crippen molar-refractivity contribution < 1.29 is 19.1 Å². The van der Waals surface area contributed by atoms with E-state index in [9.17, 15) is 9.59 Å². The molecule has 0 atom stereocenters. The number of carbonyl (C=O) groups is 2. The zero-order chi connectivity index (χ0) is 21.1. The summed E-state index contributed by atoms with van der Waals surface area (Å²) in [6.45, 7) is 0. The number of hydrogen-bond acceptors (Lipinski definition) is 4. The van der Waals surface area contributed by atoms with Crippen molar-refractivity contribution >= 4 is 69.7 Å². The molecule has 6 nitrogen and oxygen atoms in total. The highest BCUT2D eigenvalue weighted by atomic mass is 35.5. The molecule has 2 aromatic carbocycles. The molecule has 3 aromatic rings. The largest absolute Gasteiger partial charge is 0.478 e. The zero-order valence-corrected chi connectivity index (χ0v) is 17.4. The van der Waals surface area contributed by atoms with E-state index in [1.165, 1.54) is 18.2 Å². The van der Waals surface area contributed by atoms with Gasteiger partial charge in [-0.15, -0.1) is 0 Å². The molecule has 1 aromatic heterocycles. The summed E-state index contributed by atoms with van der Waals surface area (Å²) in [6.07, 6.45) is 0. The Balaban J connectivity index is 1.70. The van der Waals surface area contributed by atoms with Gasteiger partial charge < -0.3 is 14.8 Å². The molecule has 0 saturated heterocycles. The number of hydrogen-bond donors (Lipinski definition) is 3. The summed E-state index contributed by atoms with van der Waals surface area (Å²) in [5.74, 6) is -1.30. The van der Waals surface area contributed by atoms with Crippen molar-refractivity contribution in [2.24, 2.45) is 0 Å². The van der Waals surface area contributed by atoms with Crippen LogP contribution in [0.15, 0.2) is 52.9 Å². The highest BCUT2D eigenvalue weighted by Crippen LogP contribution is 2.29. The minimum atomic E-state index is -1.23. The van der Waals surface area contributed by atoms with Crippen molar-refractivity contribution in [1.29, 1.82) is 0 Å². The average Bonchev–Trinajstić information content (AvgIpc) is 3.14. The van der Waals surface area contributed by atoms with Gasteiger partial charge in [0.05, 0.1) is 21.3 Å². The Morgan fingerprint density at radius 1 is 0.966 bits per heavy atom. The van der Waals surface area contributed by atoms with Gasteiger partial charge in [0.25, 0.3) is 5.91 Å². The van der Waals surface area contributed by atoms with Crippen LogP contribution in [-0.2, 0) is 0 Å². The fourth-order valence-corrected chi connectivity index (χ4v) is 3.20. The molecule has 0 aliphatic rings.